The van der Waals surface area contributed by atoms with Crippen molar-refractivity contribution in [2.45, 2.75) is 11.1 Å². The number of carbonyl (C=O) groups excluding carboxylic acids is 1. The van der Waals surface area contributed by atoms with Crippen molar-refractivity contribution in [3.8, 4) is 5.69 Å². The number of hydrogen-bond donors (Lipinski definition) is 2. The minimum atomic E-state index is -4.73. The zero-order valence-corrected chi connectivity index (χ0v) is 16.0. The van der Waals surface area contributed by atoms with Gasteiger partial charge in [0, 0.05) is 0 Å². The molecule has 0 saturated carbocycles. The van der Waals surface area contributed by atoms with Gasteiger partial charge >= 0.3 is 12.3 Å². The summed E-state index contributed by atoms with van der Waals surface area (Å²) in [5.74, 6) is 0. The molecular weight excluding hydrogens is 453 g/mol. The second kappa shape index (κ2) is 8.16. The number of amides is 1. The van der Waals surface area contributed by atoms with E-state index in [4.69, 9.17) is 11.6 Å². The lowest BCUT2D eigenvalue weighted by atomic mass is 10.2. The topological polar surface area (TPSA) is 128 Å². The third-order valence-electron chi connectivity index (χ3n) is 3.49. The molecule has 0 saturated heterocycles. The third-order valence-corrected chi connectivity index (χ3v) is 5.13. The van der Waals surface area contributed by atoms with E-state index >= 15 is 0 Å². The van der Waals surface area contributed by atoms with Crippen LogP contribution in [-0.4, -0.2) is 34.7 Å². The van der Waals surface area contributed by atoms with Crippen LogP contribution in [0.15, 0.2) is 53.7 Å². The second-order valence-electron chi connectivity index (χ2n) is 5.54. The molecule has 1 aromatic heterocycles. The number of hydrogen-bond acceptors (Lipinski definition) is 8. The smallest absolute Gasteiger partial charge is 0.324 e. The number of nitrogens with zero attached hydrogens (tertiary/aromatic N) is 4. The Morgan fingerprint density at radius 3 is 2.60 bits per heavy atom. The normalized spacial score (nSPS) is 11.7. The van der Waals surface area contributed by atoms with Crippen molar-refractivity contribution >= 4 is 33.4 Å². The minimum absolute atomic E-state index is 0.278. The number of sulfonamides is 1. The first kappa shape index (κ1) is 21.3. The molecule has 1 heterocycles. The Bertz CT molecular complexity index is 1170. The SMILES string of the molecule is O=C(NS(=O)(=O)c1cccc(-n2cnnn2)c1)ONc1ccc(Cl)c(C(F)(F)F)c1. The zero-order chi connectivity index (χ0) is 21.9. The van der Waals surface area contributed by atoms with Crippen molar-refractivity contribution in [3.63, 3.8) is 0 Å². The molecule has 3 rings (SSSR count). The van der Waals surface area contributed by atoms with E-state index in [-0.39, 0.29) is 10.6 Å². The van der Waals surface area contributed by atoms with Gasteiger partial charge in [-0.3, -0.25) is 0 Å². The van der Waals surface area contributed by atoms with E-state index in [0.717, 1.165) is 12.1 Å². The number of aromatic nitrogens is 4. The Kier molecular flexibility index (Phi) is 5.80. The molecule has 0 radical (unpaired) electrons. The van der Waals surface area contributed by atoms with Crippen molar-refractivity contribution in [1.82, 2.24) is 24.9 Å². The van der Waals surface area contributed by atoms with E-state index in [1.54, 1.807) is 4.72 Å². The highest BCUT2D eigenvalue weighted by Gasteiger charge is 2.33. The molecule has 15 heteroatoms. The van der Waals surface area contributed by atoms with Gasteiger partial charge in [0.1, 0.15) is 6.33 Å². The number of alkyl halides is 3. The molecular formula is C15H10ClF3N6O4S. The summed E-state index contributed by atoms with van der Waals surface area (Å²) >= 11 is 5.49. The first-order valence-corrected chi connectivity index (χ1v) is 9.62. The zero-order valence-electron chi connectivity index (χ0n) is 14.5. The van der Waals surface area contributed by atoms with Crippen LogP contribution in [-0.2, 0) is 21.0 Å². The summed E-state index contributed by atoms with van der Waals surface area (Å²) in [5.41, 5.74) is 0.788. The molecule has 3 aromatic rings. The predicted octanol–water partition coefficient (Wildman–Crippen LogP) is 2.78. The number of tetrazole rings is 1. The molecule has 0 aliphatic rings. The summed E-state index contributed by atoms with van der Waals surface area (Å²) < 4.78 is 66.0. The summed E-state index contributed by atoms with van der Waals surface area (Å²) in [5, 5.41) is 9.91. The molecule has 0 atom stereocenters. The van der Waals surface area contributed by atoms with E-state index in [2.05, 4.69) is 20.4 Å². The monoisotopic (exact) mass is 462 g/mol. The summed E-state index contributed by atoms with van der Waals surface area (Å²) in [6.45, 7) is 0. The maximum absolute atomic E-state index is 12.8. The average molecular weight is 463 g/mol. The van der Waals surface area contributed by atoms with Gasteiger partial charge in [-0.1, -0.05) is 17.7 Å². The predicted molar refractivity (Wildman–Crippen MR) is 96.0 cm³/mol. The number of anilines is 1. The molecule has 158 valence electrons. The van der Waals surface area contributed by atoms with Crippen LogP contribution in [0.1, 0.15) is 5.56 Å². The van der Waals surface area contributed by atoms with E-state index < -0.39 is 32.9 Å². The Labute approximate surface area is 171 Å². The van der Waals surface area contributed by atoms with Crippen LogP contribution in [0, 0.1) is 0 Å². The molecule has 0 spiro atoms. The van der Waals surface area contributed by atoms with Crippen LogP contribution >= 0.6 is 11.6 Å². The van der Waals surface area contributed by atoms with E-state index in [1.807, 2.05) is 5.48 Å². The fourth-order valence-electron chi connectivity index (χ4n) is 2.17. The molecule has 2 N–H and O–H groups in total. The van der Waals surface area contributed by atoms with Gasteiger partial charge in [0.25, 0.3) is 10.0 Å². The van der Waals surface area contributed by atoms with Gasteiger partial charge in [0.15, 0.2) is 0 Å². The molecule has 10 nitrogen and oxygen atoms in total. The van der Waals surface area contributed by atoms with Crippen molar-refractivity contribution < 1.29 is 31.2 Å². The van der Waals surface area contributed by atoms with Crippen LogP contribution in [0.25, 0.3) is 5.69 Å². The number of benzene rings is 2. The highest BCUT2D eigenvalue weighted by atomic mass is 35.5. The molecule has 1 amide bonds. The number of rotatable bonds is 5. The fraction of sp³-hybridized carbons (Fsp3) is 0.0667. The lowest BCUT2D eigenvalue weighted by Crippen LogP contribution is -2.32. The fourth-order valence-corrected chi connectivity index (χ4v) is 3.31. The second-order valence-corrected chi connectivity index (χ2v) is 7.63. The summed E-state index contributed by atoms with van der Waals surface area (Å²) in [7, 11) is -4.36. The first-order valence-electron chi connectivity index (χ1n) is 7.76. The quantitative estimate of drug-likeness (QED) is 0.554. The van der Waals surface area contributed by atoms with Crippen LogP contribution in [0.3, 0.4) is 0 Å². The first-order chi connectivity index (χ1) is 14.1. The lowest BCUT2D eigenvalue weighted by Gasteiger charge is -2.12. The minimum Gasteiger partial charge on any atom is -0.324 e. The van der Waals surface area contributed by atoms with Crippen molar-refractivity contribution in [2.24, 2.45) is 0 Å². The Morgan fingerprint density at radius 1 is 1.17 bits per heavy atom. The van der Waals surface area contributed by atoms with Crippen molar-refractivity contribution in [1.29, 1.82) is 0 Å². The molecule has 0 unspecified atom stereocenters. The maximum atomic E-state index is 12.8. The van der Waals surface area contributed by atoms with Crippen LogP contribution in [0.5, 0.6) is 0 Å². The number of carbonyl (C=O) groups is 1. The summed E-state index contributed by atoms with van der Waals surface area (Å²) in [6, 6.07) is 7.94. The molecule has 0 aliphatic heterocycles. The highest BCUT2D eigenvalue weighted by Crippen LogP contribution is 2.36. The Morgan fingerprint density at radius 2 is 1.93 bits per heavy atom. The maximum Gasteiger partial charge on any atom is 0.445 e. The van der Waals surface area contributed by atoms with Gasteiger partial charge in [0.05, 0.1) is 26.9 Å². The van der Waals surface area contributed by atoms with Crippen molar-refractivity contribution in [2.75, 3.05) is 5.48 Å². The van der Waals surface area contributed by atoms with Crippen LogP contribution in [0.4, 0.5) is 23.7 Å². The molecule has 2 aromatic carbocycles. The lowest BCUT2D eigenvalue weighted by molar-refractivity contribution is -0.137. The van der Waals surface area contributed by atoms with Gasteiger partial charge in [-0.2, -0.15) is 13.2 Å². The van der Waals surface area contributed by atoms with Gasteiger partial charge in [-0.05, 0) is 46.8 Å². The summed E-state index contributed by atoms with van der Waals surface area (Å²) in [6.07, 6.45) is -4.98. The van der Waals surface area contributed by atoms with Gasteiger partial charge < -0.3 is 4.84 Å². The van der Waals surface area contributed by atoms with E-state index in [1.165, 1.54) is 35.3 Å². The number of halogens is 4. The highest BCUT2D eigenvalue weighted by molar-refractivity contribution is 7.90. The molecule has 0 fully saturated rings. The molecule has 0 aliphatic carbocycles. The van der Waals surface area contributed by atoms with Crippen molar-refractivity contribution in [3.05, 3.63) is 59.4 Å². The largest absolute Gasteiger partial charge is 0.445 e. The van der Waals surface area contributed by atoms with Crippen LogP contribution < -0.4 is 10.2 Å². The van der Waals surface area contributed by atoms with Gasteiger partial charge in [-0.15, -0.1) is 5.10 Å². The Balaban J connectivity index is 1.68. The average Bonchev–Trinajstić information content (AvgIpc) is 3.21. The standard InChI is InChI=1S/C15H10ClF3N6O4S/c16-13-5-4-9(6-12(13)15(17,18)19)21-29-14(26)22-30(27,28)11-3-1-2-10(7-11)25-8-20-23-24-25/h1-8,21H,(H,22,26). The van der Waals surface area contributed by atoms with E-state index in [0.29, 0.717) is 11.8 Å². The number of nitrogens with one attached hydrogen (secondary N) is 2. The third kappa shape index (κ3) is 4.96. The van der Waals surface area contributed by atoms with Crippen LogP contribution in [0.2, 0.25) is 5.02 Å². The van der Waals surface area contributed by atoms with Gasteiger partial charge in [0.2, 0.25) is 0 Å². The summed E-state index contributed by atoms with van der Waals surface area (Å²) in [4.78, 5) is 16.0. The Hall–Kier alpha value is -3.39. The molecule has 0 bridgehead atoms. The molecule has 30 heavy (non-hydrogen) atoms. The van der Waals surface area contributed by atoms with E-state index in [9.17, 15) is 26.4 Å². The van der Waals surface area contributed by atoms with Gasteiger partial charge in [-0.25, -0.2) is 28.1 Å².